The lowest BCUT2D eigenvalue weighted by Crippen LogP contribution is -2.05. The number of benzene rings is 1. The van der Waals surface area contributed by atoms with Crippen LogP contribution in [0.1, 0.15) is 5.56 Å². The van der Waals surface area contributed by atoms with E-state index < -0.39 is 0 Å². The van der Waals surface area contributed by atoms with Crippen molar-refractivity contribution in [1.82, 2.24) is 5.32 Å². The summed E-state index contributed by atoms with van der Waals surface area (Å²) in [5.41, 5.74) is 0.786. The van der Waals surface area contributed by atoms with E-state index in [0.717, 1.165) is 5.56 Å². The third-order valence-electron chi connectivity index (χ3n) is 1.37. The minimum atomic E-state index is -0.250. The Bertz CT molecular complexity index is 250. The molecule has 3 heteroatoms. The molecule has 0 radical (unpaired) electrons. The maximum atomic E-state index is 12.6. The quantitative estimate of drug-likeness (QED) is 0.723. The highest BCUT2D eigenvalue weighted by atomic mass is 35.5. The molecule has 0 aliphatic carbocycles. The van der Waals surface area contributed by atoms with E-state index in [1.165, 1.54) is 12.1 Å². The van der Waals surface area contributed by atoms with E-state index in [9.17, 15) is 4.39 Å². The molecule has 0 aliphatic rings. The van der Waals surface area contributed by atoms with Crippen LogP contribution in [0.3, 0.4) is 0 Å². The Morgan fingerprint density at radius 3 is 2.91 bits per heavy atom. The van der Waals surface area contributed by atoms with Crippen molar-refractivity contribution in [2.75, 3.05) is 7.05 Å². The number of rotatable bonds is 2. The monoisotopic (exact) mass is 173 g/mol. The molecule has 0 unspecified atom stereocenters. The van der Waals surface area contributed by atoms with Crippen molar-refractivity contribution in [3.63, 3.8) is 0 Å². The van der Waals surface area contributed by atoms with Gasteiger partial charge in [-0.25, -0.2) is 4.39 Å². The van der Waals surface area contributed by atoms with Crippen LogP contribution in [0.15, 0.2) is 18.2 Å². The third kappa shape index (κ3) is 2.17. The summed E-state index contributed by atoms with van der Waals surface area (Å²) in [6.45, 7) is 0.594. The van der Waals surface area contributed by atoms with Gasteiger partial charge in [-0.3, -0.25) is 0 Å². The van der Waals surface area contributed by atoms with Gasteiger partial charge in [0.15, 0.2) is 0 Å². The first-order valence-electron chi connectivity index (χ1n) is 3.32. The lowest BCUT2D eigenvalue weighted by Gasteiger charge is -2.01. The van der Waals surface area contributed by atoms with Crippen molar-refractivity contribution in [3.8, 4) is 0 Å². The zero-order valence-electron chi connectivity index (χ0n) is 6.20. The van der Waals surface area contributed by atoms with Gasteiger partial charge in [0, 0.05) is 11.6 Å². The van der Waals surface area contributed by atoms with Gasteiger partial charge in [0.25, 0.3) is 0 Å². The molecule has 60 valence electrons. The number of hydrogen-bond donors (Lipinski definition) is 1. The fourth-order valence-corrected chi connectivity index (χ4v) is 1.05. The summed E-state index contributed by atoms with van der Waals surface area (Å²) in [7, 11) is 1.79. The molecule has 0 saturated carbocycles. The van der Waals surface area contributed by atoms with Gasteiger partial charge in [-0.05, 0) is 30.8 Å². The van der Waals surface area contributed by atoms with E-state index >= 15 is 0 Å². The fourth-order valence-electron chi connectivity index (χ4n) is 0.869. The SMILES string of the molecule is CNCc1cc(F)ccc1Cl. The van der Waals surface area contributed by atoms with Gasteiger partial charge < -0.3 is 5.32 Å². The van der Waals surface area contributed by atoms with Crippen molar-refractivity contribution in [1.29, 1.82) is 0 Å². The van der Waals surface area contributed by atoms with Crippen LogP contribution in [-0.2, 0) is 6.54 Å². The second-order valence-electron chi connectivity index (χ2n) is 2.27. The first kappa shape index (κ1) is 8.50. The topological polar surface area (TPSA) is 12.0 Å². The van der Waals surface area contributed by atoms with Crippen molar-refractivity contribution in [2.24, 2.45) is 0 Å². The largest absolute Gasteiger partial charge is 0.316 e. The highest BCUT2D eigenvalue weighted by Gasteiger charge is 1.99. The molecule has 1 rings (SSSR count). The molecule has 0 aliphatic heterocycles. The van der Waals surface area contributed by atoms with Crippen LogP contribution in [0.25, 0.3) is 0 Å². The molecule has 1 nitrogen and oxygen atoms in total. The van der Waals surface area contributed by atoms with E-state index in [4.69, 9.17) is 11.6 Å². The molecule has 11 heavy (non-hydrogen) atoms. The minimum absolute atomic E-state index is 0.250. The average molecular weight is 174 g/mol. The van der Waals surface area contributed by atoms with E-state index in [1.807, 2.05) is 0 Å². The summed E-state index contributed by atoms with van der Waals surface area (Å²) < 4.78 is 12.6. The zero-order valence-corrected chi connectivity index (χ0v) is 6.95. The Morgan fingerprint density at radius 1 is 1.55 bits per heavy atom. The predicted molar refractivity (Wildman–Crippen MR) is 44.2 cm³/mol. The second kappa shape index (κ2) is 3.69. The summed E-state index contributed by atoms with van der Waals surface area (Å²) >= 11 is 5.77. The molecule has 0 amide bonds. The van der Waals surface area contributed by atoms with Gasteiger partial charge >= 0.3 is 0 Å². The van der Waals surface area contributed by atoms with Gasteiger partial charge in [-0.2, -0.15) is 0 Å². The Labute approximate surface area is 70.2 Å². The van der Waals surface area contributed by atoms with Crippen LogP contribution in [0.2, 0.25) is 5.02 Å². The Hall–Kier alpha value is -0.600. The summed E-state index contributed by atoms with van der Waals surface area (Å²) in [5, 5.41) is 3.50. The molecule has 1 N–H and O–H groups in total. The van der Waals surface area contributed by atoms with Gasteiger partial charge in [0.1, 0.15) is 5.82 Å². The van der Waals surface area contributed by atoms with Crippen molar-refractivity contribution < 1.29 is 4.39 Å². The Morgan fingerprint density at radius 2 is 2.27 bits per heavy atom. The summed E-state index contributed by atoms with van der Waals surface area (Å²) in [6, 6.07) is 4.34. The third-order valence-corrected chi connectivity index (χ3v) is 1.74. The van der Waals surface area contributed by atoms with Crippen molar-refractivity contribution in [3.05, 3.63) is 34.6 Å². The molecule has 0 heterocycles. The molecule has 0 aromatic heterocycles. The molecule has 0 spiro atoms. The Kier molecular flexibility index (Phi) is 2.85. The fraction of sp³-hybridized carbons (Fsp3) is 0.250. The van der Waals surface area contributed by atoms with Crippen molar-refractivity contribution >= 4 is 11.6 Å². The van der Waals surface area contributed by atoms with Gasteiger partial charge in [0.2, 0.25) is 0 Å². The highest BCUT2D eigenvalue weighted by molar-refractivity contribution is 6.31. The van der Waals surface area contributed by atoms with E-state index in [1.54, 1.807) is 13.1 Å². The lowest BCUT2D eigenvalue weighted by atomic mass is 10.2. The summed E-state index contributed by atoms with van der Waals surface area (Å²) in [4.78, 5) is 0. The van der Waals surface area contributed by atoms with Gasteiger partial charge in [0.05, 0.1) is 0 Å². The average Bonchev–Trinajstić information content (AvgIpc) is 1.98. The molecule has 0 atom stereocenters. The van der Waals surface area contributed by atoms with Crippen LogP contribution in [0.4, 0.5) is 4.39 Å². The maximum Gasteiger partial charge on any atom is 0.123 e. The summed E-state index contributed by atoms with van der Waals surface area (Å²) in [5.74, 6) is -0.250. The first-order valence-corrected chi connectivity index (χ1v) is 3.70. The molecule has 0 fully saturated rings. The molecule has 0 bridgehead atoms. The number of hydrogen-bond acceptors (Lipinski definition) is 1. The molecular weight excluding hydrogens is 165 g/mol. The van der Waals surface area contributed by atoms with Crippen LogP contribution in [0.5, 0.6) is 0 Å². The standard InChI is InChI=1S/C8H9ClFN/c1-11-5-6-4-7(10)2-3-8(6)9/h2-4,11H,5H2,1H3. The minimum Gasteiger partial charge on any atom is -0.316 e. The maximum absolute atomic E-state index is 12.6. The van der Waals surface area contributed by atoms with Crippen molar-refractivity contribution in [2.45, 2.75) is 6.54 Å². The summed E-state index contributed by atoms with van der Waals surface area (Å²) in [6.07, 6.45) is 0. The molecule has 1 aromatic rings. The first-order chi connectivity index (χ1) is 5.24. The lowest BCUT2D eigenvalue weighted by molar-refractivity contribution is 0.624. The molecule has 0 saturated heterocycles. The van der Waals surface area contributed by atoms with Crippen LogP contribution >= 0.6 is 11.6 Å². The van der Waals surface area contributed by atoms with Crippen LogP contribution < -0.4 is 5.32 Å². The van der Waals surface area contributed by atoms with E-state index in [0.29, 0.717) is 11.6 Å². The van der Waals surface area contributed by atoms with Gasteiger partial charge in [-0.1, -0.05) is 11.6 Å². The van der Waals surface area contributed by atoms with E-state index in [-0.39, 0.29) is 5.82 Å². The number of halogens is 2. The molecule has 1 aromatic carbocycles. The smallest absolute Gasteiger partial charge is 0.123 e. The van der Waals surface area contributed by atoms with Gasteiger partial charge in [-0.15, -0.1) is 0 Å². The second-order valence-corrected chi connectivity index (χ2v) is 2.67. The van der Waals surface area contributed by atoms with Crippen LogP contribution in [-0.4, -0.2) is 7.05 Å². The van der Waals surface area contributed by atoms with Crippen LogP contribution in [0, 0.1) is 5.82 Å². The van der Waals surface area contributed by atoms with E-state index in [2.05, 4.69) is 5.32 Å². The Balaban J connectivity index is 2.93. The molecular formula is C8H9ClFN. The highest BCUT2D eigenvalue weighted by Crippen LogP contribution is 2.16. The normalized spacial score (nSPS) is 10.1. The number of nitrogens with one attached hydrogen (secondary N) is 1. The predicted octanol–water partition coefficient (Wildman–Crippen LogP) is 2.20. The zero-order chi connectivity index (χ0) is 8.27.